The van der Waals surface area contributed by atoms with Crippen molar-refractivity contribution in [3.63, 3.8) is 0 Å². The van der Waals surface area contributed by atoms with Crippen LogP contribution in [0.25, 0.3) is 10.8 Å². The van der Waals surface area contributed by atoms with Crippen LogP contribution in [0.5, 0.6) is 0 Å². The molecule has 2 aromatic rings. The molecule has 1 unspecified atom stereocenters. The first-order valence-electron chi connectivity index (χ1n) is 6.19. The van der Waals surface area contributed by atoms with Crippen LogP contribution in [0.2, 0.25) is 0 Å². The lowest BCUT2D eigenvalue weighted by Crippen LogP contribution is -2.31. The van der Waals surface area contributed by atoms with Gasteiger partial charge >= 0.3 is 5.97 Å². The fourth-order valence-corrected chi connectivity index (χ4v) is 2.07. The molecular weight excluding hydrogens is 245 g/mol. The van der Waals surface area contributed by atoms with Crippen LogP contribution in [0.15, 0.2) is 42.5 Å². The number of ether oxygens (including phenoxy) is 1. The molecule has 2 atom stereocenters. The largest absolute Gasteiger partial charge is 0.464 e. The summed E-state index contributed by atoms with van der Waals surface area (Å²) in [5.41, 5.74) is 6.47. The summed E-state index contributed by atoms with van der Waals surface area (Å²) in [5.74, 6) is -0.914. The molecule has 0 amide bonds. The highest BCUT2D eigenvalue weighted by Gasteiger charge is 2.28. The Balaban J connectivity index is 2.36. The smallest absolute Gasteiger partial charge is 0.342 e. The molecule has 0 bridgehead atoms. The Morgan fingerprint density at radius 1 is 1.26 bits per heavy atom. The molecule has 0 fully saturated rings. The highest BCUT2D eigenvalue weighted by molar-refractivity contribution is 5.87. The van der Waals surface area contributed by atoms with Crippen molar-refractivity contribution in [2.24, 2.45) is 5.73 Å². The number of esters is 1. The predicted octanol–water partition coefficient (Wildman–Crippen LogP) is 2.74. The lowest BCUT2D eigenvalue weighted by molar-refractivity contribution is -0.149. The number of benzene rings is 2. The summed E-state index contributed by atoms with van der Waals surface area (Å²) in [6, 6.07) is 12.0. The second-order valence-electron chi connectivity index (χ2n) is 4.25. The van der Waals surface area contributed by atoms with Crippen molar-refractivity contribution >= 4 is 16.7 Å². The Labute approximate surface area is 111 Å². The number of carbonyl (C=O) groups is 1. The highest BCUT2D eigenvalue weighted by atomic mass is 19.1. The van der Waals surface area contributed by atoms with Gasteiger partial charge in [0.25, 0.3) is 0 Å². The van der Waals surface area contributed by atoms with E-state index < -0.39 is 18.2 Å². The summed E-state index contributed by atoms with van der Waals surface area (Å²) < 4.78 is 18.7. The van der Waals surface area contributed by atoms with Gasteiger partial charge in [-0.3, -0.25) is 0 Å². The van der Waals surface area contributed by atoms with Crippen molar-refractivity contribution in [1.82, 2.24) is 0 Å². The normalized spacial score (nSPS) is 14.1. The Kier molecular flexibility index (Phi) is 4.12. The summed E-state index contributed by atoms with van der Waals surface area (Å²) in [5, 5.41) is 1.82. The molecule has 19 heavy (non-hydrogen) atoms. The van der Waals surface area contributed by atoms with Gasteiger partial charge in [-0.1, -0.05) is 42.5 Å². The van der Waals surface area contributed by atoms with Crippen molar-refractivity contribution in [2.75, 3.05) is 6.61 Å². The first-order chi connectivity index (χ1) is 9.15. The van der Waals surface area contributed by atoms with Gasteiger partial charge in [0.05, 0.1) is 12.6 Å². The van der Waals surface area contributed by atoms with Crippen LogP contribution in [0.1, 0.15) is 18.5 Å². The van der Waals surface area contributed by atoms with Gasteiger partial charge in [-0.2, -0.15) is 0 Å². The molecule has 2 N–H and O–H groups in total. The quantitative estimate of drug-likeness (QED) is 0.861. The maximum Gasteiger partial charge on any atom is 0.342 e. The van der Waals surface area contributed by atoms with Crippen molar-refractivity contribution in [3.8, 4) is 0 Å². The third-order valence-electron chi connectivity index (χ3n) is 3.01. The maximum atomic E-state index is 14.0. The summed E-state index contributed by atoms with van der Waals surface area (Å²) in [4.78, 5) is 11.4. The molecule has 0 spiro atoms. The number of hydrogen-bond acceptors (Lipinski definition) is 3. The van der Waals surface area contributed by atoms with Gasteiger partial charge in [-0.05, 0) is 23.3 Å². The molecule has 3 nitrogen and oxygen atoms in total. The highest BCUT2D eigenvalue weighted by Crippen LogP contribution is 2.26. The third kappa shape index (κ3) is 2.74. The van der Waals surface area contributed by atoms with E-state index in [-0.39, 0.29) is 6.61 Å². The van der Waals surface area contributed by atoms with E-state index in [0.29, 0.717) is 5.56 Å². The van der Waals surface area contributed by atoms with Crippen LogP contribution in [0, 0.1) is 0 Å². The SMILES string of the molecule is CCOC(=O)C(F)[C@@H](N)c1cccc2ccccc12. The molecule has 0 radical (unpaired) electrons. The van der Waals surface area contributed by atoms with Crippen LogP contribution in [0.3, 0.4) is 0 Å². The summed E-state index contributed by atoms with van der Waals surface area (Å²) in [7, 11) is 0. The molecule has 100 valence electrons. The number of fused-ring (bicyclic) bond motifs is 1. The molecule has 2 aromatic carbocycles. The van der Waals surface area contributed by atoms with Gasteiger partial charge < -0.3 is 10.5 Å². The molecule has 4 heteroatoms. The molecule has 0 aliphatic carbocycles. The zero-order valence-corrected chi connectivity index (χ0v) is 10.7. The van der Waals surface area contributed by atoms with E-state index in [1.807, 2.05) is 30.3 Å². The van der Waals surface area contributed by atoms with Gasteiger partial charge in [0, 0.05) is 0 Å². The zero-order chi connectivity index (χ0) is 13.8. The van der Waals surface area contributed by atoms with Crippen molar-refractivity contribution < 1.29 is 13.9 Å². The summed E-state index contributed by atoms with van der Waals surface area (Å²) >= 11 is 0. The summed E-state index contributed by atoms with van der Waals surface area (Å²) in [6.07, 6.45) is -1.86. The molecule has 2 rings (SSSR count). The Bertz CT molecular complexity index is 580. The van der Waals surface area contributed by atoms with Gasteiger partial charge in [-0.15, -0.1) is 0 Å². The van der Waals surface area contributed by atoms with Crippen LogP contribution in [-0.2, 0) is 9.53 Å². The number of nitrogens with two attached hydrogens (primary N) is 1. The fraction of sp³-hybridized carbons (Fsp3) is 0.267. The molecule has 0 heterocycles. The van der Waals surface area contributed by atoms with Crippen LogP contribution >= 0.6 is 0 Å². The van der Waals surface area contributed by atoms with E-state index in [1.165, 1.54) is 0 Å². The number of hydrogen-bond donors (Lipinski definition) is 1. The second kappa shape index (κ2) is 5.80. The Morgan fingerprint density at radius 2 is 1.95 bits per heavy atom. The van der Waals surface area contributed by atoms with Gasteiger partial charge in [0.15, 0.2) is 0 Å². The van der Waals surface area contributed by atoms with E-state index in [4.69, 9.17) is 5.73 Å². The van der Waals surface area contributed by atoms with E-state index in [0.717, 1.165) is 10.8 Å². The fourth-order valence-electron chi connectivity index (χ4n) is 2.07. The van der Waals surface area contributed by atoms with Gasteiger partial charge in [-0.25, -0.2) is 9.18 Å². The van der Waals surface area contributed by atoms with E-state index >= 15 is 0 Å². The standard InChI is InChI=1S/C15H16FNO2/c1-2-19-15(18)13(16)14(17)12-9-5-7-10-6-3-4-8-11(10)12/h3-9,13-14H,2,17H2,1H3/t13?,14-/m0/s1. The first kappa shape index (κ1) is 13.5. The van der Waals surface area contributed by atoms with Gasteiger partial charge in [0.1, 0.15) is 0 Å². The molecular formula is C15H16FNO2. The van der Waals surface area contributed by atoms with Crippen molar-refractivity contribution in [3.05, 3.63) is 48.0 Å². The zero-order valence-electron chi connectivity index (χ0n) is 10.7. The Morgan fingerprint density at radius 3 is 2.68 bits per heavy atom. The minimum absolute atomic E-state index is 0.140. The topological polar surface area (TPSA) is 52.3 Å². The predicted molar refractivity (Wildman–Crippen MR) is 72.4 cm³/mol. The molecule has 0 aliphatic rings. The minimum Gasteiger partial charge on any atom is -0.464 e. The van der Waals surface area contributed by atoms with E-state index in [1.54, 1.807) is 19.1 Å². The van der Waals surface area contributed by atoms with Crippen molar-refractivity contribution in [2.45, 2.75) is 19.1 Å². The van der Waals surface area contributed by atoms with Crippen LogP contribution in [-0.4, -0.2) is 18.7 Å². The first-order valence-corrected chi connectivity index (χ1v) is 6.19. The van der Waals surface area contributed by atoms with E-state index in [2.05, 4.69) is 4.74 Å². The number of alkyl halides is 1. The average Bonchev–Trinajstić information content (AvgIpc) is 2.45. The van der Waals surface area contributed by atoms with Crippen molar-refractivity contribution in [1.29, 1.82) is 0 Å². The molecule has 0 saturated carbocycles. The maximum absolute atomic E-state index is 14.0. The third-order valence-corrected chi connectivity index (χ3v) is 3.01. The molecule has 0 aromatic heterocycles. The molecule has 0 aliphatic heterocycles. The average molecular weight is 261 g/mol. The van der Waals surface area contributed by atoms with Gasteiger partial charge in [0.2, 0.25) is 6.17 Å². The number of halogens is 1. The second-order valence-corrected chi connectivity index (χ2v) is 4.25. The Hall–Kier alpha value is -1.94. The summed E-state index contributed by atoms with van der Waals surface area (Å²) in [6.45, 7) is 1.77. The lowest BCUT2D eigenvalue weighted by Gasteiger charge is -2.17. The van der Waals surface area contributed by atoms with E-state index in [9.17, 15) is 9.18 Å². The number of rotatable bonds is 4. The monoisotopic (exact) mass is 261 g/mol. The minimum atomic E-state index is -1.86. The van der Waals surface area contributed by atoms with Crippen LogP contribution in [0.4, 0.5) is 4.39 Å². The lowest BCUT2D eigenvalue weighted by atomic mass is 9.96. The van der Waals surface area contributed by atoms with Crippen LogP contribution < -0.4 is 5.73 Å². The number of carbonyl (C=O) groups excluding carboxylic acids is 1. The molecule has 0 saturated heterocycles.